The predicted octanol–water partition coefficient (Wildman–Crippen LogP) is 0.853. The number of carbonyl (C=O) groups is 1. The van der Waals surface area contributed by atoms with Crippen molar-refractivity contribution in [2.24, 2.45) is 5.92 Å². The topological polar surface area (TPSA) is 32.3 Å². The smallest absolute Gasteiger partial charge is 0.237 e. The van der Waals surface area contributed by atoms with E-state index in [-0.39, 0.29) is 11.4 Å². The molecule has 0 radical (unpaired) electrons. The maximum atomic E-state index is 11.6. The quantitative estimate of drug-likeness (QED) is 0.690. The summed E-state index contributed by atoms with van der Waals surface area (Å²) < 4.78 is 0. The van der Waals surface area contributed by atoms with Gasteiger partial charge in [0.15, 0.2) is 0 Å². The van der Waals surface area contributed by atoms with E-state index < -0.39 is 0 Å². The van der Waals surface area contributed by atoms with Crippen molar-refractivity contribution >= 4 is 5.91 Å². The maximum Gasteiger partial charge on any atom is 0.237 e. The Morgan fingerprint density at radius 1 is 1.54 bits per heavy atom. The largest absolute Gasteiger partial charge is 0.335 e. The highest BCUT2D eigenvalue weighted by atomic mass is 16.2. The third kappa shape index (κ3) is 2.44. The minimum absolute atomic E-state index is 0.0282. The van der Waals surface area contributed by atoms with Crippen LogP contribution >= 0.6 is 0 Å². The second-order valence-electron chi connectivity index (χ2n) is 4.81. The number of hydrogen-bond donors (Lipinski definition) is 1. The van der Waals surface area contributed by atoms with Crippen molar-refractivity contribution in [3.63, 3.8) is 0 Å². The van der Waals surface area contributed by atoms with E-state index in [0.717, 1.165) is 13.1 Å². The highest BCUT2D eigenvalue weighted by Gasteiger charge is 2.34. The molecule has 0 saturated carbocycles. The predicted molar refractivity (Wildman–Crippen MR) is 53.5 cm³/mol. The van der Waals surface area contributed by atoms with Gasteiger partial charge in [-0.15, -0.1) is 0 Å². The summed E-state index contributed by atoms with van der Waals surface area (Å²) >= 11 is 0. The van der Waals surface area contributed by atoms with E-state index in [1.165, 1.54) is 0 Å². The normalized spacial score (nSPS) is 22.5. The van der Waals surface area contributed by atoms with Crippen LogP contribution in [-0.2, 0) is 4.79 Å². The molecule has 1 amide bonds. The van der Waals surface area contributed by atoms with Crippen molar-refractivity contribution in [3.8, 4) is 0 Å². The van der Waals surface area contributed by atoms with E-state index in [0.29, 0.717) is 12.5 Å². The summed E-state index contributed by atoms with van der Waals surface area (Å²) in [6, 6.07) is 0. The molecular weight excluding hydrogens is 164 g/mol. The number of nitrogens with one attached hydrogen (secondary N) is 1. The Balaban J connectivity index is 2.69. The molecule has 1 N–H and O–H groups in total. The van der Waals surface area contributed by atoms with Gasteiger partial charge in [-0.05, 0) is 19.8 Å². The van der Waals surface area contributed by atoms with E-state index in [9.17, 15) is 4.79 Å². The molecule has 0 aromatic heterocycles. The van der Waals surface area contributed by atoms with Gasteiger partial charge in [0.05, 0.1) is 6.54 Å². The zero-order valence-electron chi connectivity index (χ0n) is 9.05. The maximum absolute atomic E-state index is 11.6. The fraction of sp³-hybridized carbons (Fsp3) is 0.900. The third-order valence-corrected chi connectivity index (χ3v) is 2.41. The lowest BCUT2D eigenvalue weighted by Crippen LogP contribution is -2.61. The molecule has 1 rings (SSSR count). The first-order valence-corrected chi connectivity index (χ1v) is 4.94. The van der Waals surface area contributed by atoms with Crippen molar-refractivity contribution in [2.75, 3.05) is 19.6 Å². The number of amides is 1. The molecule has 0 spiro atoms. The monoisotopic (exact) mass is 184 g/mol. The highest BCUT2D eigenvalue weighted by molar-refractivity contribution is 5.80. The van der Waals surface area contributed by atoms with Crippen LogP contribution in [0.15, 0.2) is 0 Å². The summed E-state index contributed by atoms with van der Waals surface area (Å²) in [5, 5.41) is 3.14. The van der Waals surface area contributed by atoms with E-state index in [4.69, 9.17) is 0 Å². The van der Waals surface area contributed by atoms with Crippen molar-refractivity contribution < 1.29 is 4.79 Å². The number of hydrogen-bond acceptors (Lipinski definition) is 2. The van der Waals surface area contributed by atoms with Gasteiger partial charge < -0.3 is 10.2 Å². The van der Waals surface area contributed by atoms with Crippen LogP contribution in [0.3, 0.4) is 0 Å². The lowest BCUT2D eigenvalue weighted by molar-refractivity contribution is -0.139. The summed E-state index contributed by atoms with van der Waals surface area (Å²) in [7, 11) is 0. The summed E-state index contributed by atoms with van der Waals surface area (Å²) in [6.07, 6.45) is 0. The van der Waals surface area contributed by atoms with Gasteiger partial charge in [0.1, 0.15) is 0 Å². The Morgan fingerprint density at radius 2 is 2.15 bits per heavy atom. The Labute approximate surface area is 80.5 Å². The van der Waals surface area contributed by atoms with E-state index >= 15 is 0 Å². The minimum atomic E-state index is -0.0282. The standard InChI is InChI=1S/C10H20N2O/c1-8(2)6-12-9(13)5-11-7-10(12,3)4/h8,11H,5-7H2,1-4H3. The van der Waals surface area contributed by atoms with Crippen molar-refractivity contribution in [2.45, 2.75) is 33.2 Å². The minimum Gasteiger partial charge on any atom is -0.335 e. The molecule has 0 aliphatic carbocycles. The number of nitrogens with zero attached hydrogens (tertiary/aromatic N) is 1. The molecule has 1 aliphatic heterocycles. The van der Waals surface area contributed by atoms with Gasteiger partial charge >= 0.3 is 0 Å². The Hall–Kier alpha value is -0.570. The van der Waals surface area contributed by atoms with E-state index in [1.54, 1.807) is 0 Å². The fourth-order valence-electron chi connectivity index (χ4n) is 1.72. The van der Waals surface area contributed by atoms with E-state index in [1.807, 2.05) is 4.90 Å². The van der Waals surface area contributed by atoms with Crippen molar-refractivity contribution in [3.05, 3.63) is 0 Å². The Bertz CT molecular complexity index is 199. The van der Waals surface area contributed by atoms with Crippen LogP contribution in [0.4, 0.5) is 0 Å². The van der Waals surface area contributed by atoms with Crippen LogP contribution in [0.1, 0.15) is 27.7 Å². The summed E-state index contributed by atoms with van der Waals surface area (Å²) in [5.41, 5.74) is -0.0282. The first kappa shape index (κ1) is 10.5. The molecule has 1 heterocycles. The lowest BCUT2D eigenvalue weighted by atomic mass is 9.98. The molecule has 0 aromatic carbocycles. The van der Waals surface area contributed by atoms with Crippen LogP contribution in [0.2, 0.25) is 0 Å². The molecule has 1 aliphatic rings. The highest BCUT2D eigenvalue weighted by Crippen LogP contribution is 2.18. The van der Waals surface area contributed by atoms with Crippen molar-refractivity contribution in [1.82, 2.24) is 10.2 Å². The van der Waals surface area contributed by atoms with Gasteiger partial charge in [0, 0.05) is 18.6 Å². The summed E-state index contributed by atoms with van der Waals surface area (Å²) in [5.74, 6) is 0.770. The molecule has 0 aromatic rings. The molecule has 1 fully saturated rings. The number of piperazine rings is 1. The molecule has 13 heavy (non-hydrogen) atoms. The molecule has 3 heteroatoms. The lowest BCUT2D eigenvalue weighted by Gasteiger charge is -2.43. The average molecular weight is 184 g/mol. The molecule has 1 saturated heterocycles. The van der Waals surface area contributed by atoms with Crippen LogP contribution in [0.25, 0.3) is 0 Å². The SMILES string of the molecule is CC(C)CN1C(=O)CNCC1(C)C. The van der Waals surface area contributed by atoms with Crippen LogP contribution in [0, 0.1) is 5.92 Å². The number of rotatable bonds is 2. The van der Waals surface area contributed by atoms with Gasteiger partial charge in [-0.1, -0.05) is 13.8 Å². The summed E-state index contributed by atoms with van der Waals surface area (Å²) in [6.45, 7) is 10.8. The fourth-order valence-corrected chi connectivity index (χ4v) is 1.72. The summed E-state index contributed by atoms with van der Waals surface area (Å²) in [4.78, 5) is 13.6. The van der Waals surface area contributed by atoms with Gasteiger partial charge in [-0.2, -0.15) is 0 Å². The first-order chi connectivity index (χ1) is 5.93. The van der Waals surface area contributed by atoms with Crippen molar-refractivity contribution in [1.29, 1.82) is 0 Å². The second kappa shape index (κ2) is 3.66. The van der Waals surface area contributed by atoms with Gasteiger partial charge in [-0.3, -0.25) is 4.79 Å². The van der Waals surface area contributed by atoms with Gasteiger partial charge in [-0.25, -0.2) is 0 Å². The average Bonchev–Trinajstić information content (AvgIpc) is 1.96. The number of carbonyl (C=O) groups excluding carboxylic acids is 1. The molecule has 0 unspecified atom stereocenters. The van der Waals surface area contributed by atoms with Crippen LogP contribution in [-0.4, -0.2) is 36.0 Å². The Morgan fingerprint density at radius 3 is 2.62 bits per heavy atom. The van der Waals surface area contributed by atoms with Gasteiger partial charge in [0.25, 0.3) is 0 Å². The Kier molecular flexibility index (Phi) is 2.96. The molecular formula is C10H20N2O. The first-order valence-electron chi connectivity index (χ1n) is 4.94. The molecule has 76 valence electrons. The van der Waals surface area contributed by atoms with Crippen LogP contribution in [0.5, 0.6) is 0 Å². The second-order valence-corrected chi connectivity index (χ2v) is 4.81. The van der Waals surface area contributed by atoms with Crippen LogP contribution < -0.4 is 5.32 Å². The third-order valence-electron chi connectivity index (χ3n) is 2.41. The zero-order valence-corrected chi connectivity index (χ0v) is 9.05. The molecule has 0 atom stereocenters. The molecule has 0 bridgehead atoms. The molecule has 3 nitrogen and oxygen atoms in total. The van der Waals surface area contributed by atoms with E-state index in [2.05, 4.69) is 33.0 Å². The zero-order chi connectivity index (χ0) is 10.1. The van der Waals surface area contributed by atoms with Gasteiger partial charge in [0.2, 0.25) is 5.91 Å².